The smallest absolute Gasteiger partial charge is 0.170 e. The van der Waals surface area contributed by atoms with Crippen molar-refractivity contribution in [2.75, 3.05) is 7.11 Å². The maximum absolute atomic E-state index is 12.4. The number of methoxy groups -OCH3 is 1. The van der Waals surface area contributed by atoms with Crippen LogP contribution in [0, 0.1) is 0 Å². The zero-order valence-electron chi connectivity index (χ0n) is 13.1. The summed E-state index contributed by atoms with van der Waals surface area (Å²) in [6.45, 7) is 0. The van der Waals surface area contributed by atoms with Gasteiger partial charge in [0.25, 0.3) is 0 Å². The quantitative estimate of drug-likeness (QED) is 0.753. The average Bonchev–Trinajstić information content (AvgIpc) is 2.59. The molecular weight excluding hydrogens is 304 g/mol. The highest BCUT2D eigenvalue weighted by Crippen LogP contribution is 2.47. The molecule has 3 aromatic carbocycles. The number of carbonyl (C=O) groups excluding carboxylic acids is 1. The molecule has 0 bridgehead atoms. The van der Waals surface area contributed by atoms with E-state index in [1.54, 1.807) is 13.2 Å². The van der Waals surface area contributed by atoms with Crippen LogP contribution in [0.1, 0.15) is 28.4 Å². The second-order valence-corrected chi connectivity index (χ2v) is 5.93. The number of phenolic OH excluding ortho intramolecular Hbond substituents is 1. The van der Waals surface area contributed by atoms with Gasteiger partial charge in [0, 0.05) is 22.9 Å². The third-order valence-corrected chi connectivity index (χ3v) is 4.56. The van der Waals surface area contributed by atoms with Gasteiger partial charge in [0.05, 0.1) is 18.8 Å². The molecule has 0 radical (unpaired) electrons. The number of aliphatic hydroxyl groups is 1. The van der Waals surface area contributed by atoms with Crippen LogP contribution >= 0.6 is 0 Å². The second-order valence-electron chi connectivity index (χ2n) is 5.93. The maximum Gasteiger partial charge on any atom is 0.170 e. The minimum absolute atomic E-state index is 0.0489. The normalized spacial score (nSPS) is 16.4. The lowest BCUT2D eigenvalue weighted by molar-refractivity contribution is 0.0870. The average molecular weight is 320 g/mol. The van der Waals surface area contributed by atoms with E-state index in [1.165, 1.54) is 6.07 Å². The third kappa shape index (κ3) is 2.00. The van der Waals surface area contributed by atoms with E-state index >= 15 is 0 Å². The standard InChI is InChI=1S/C20H16O4/c1-24-16-9-12-7-8-13(21)19-14(22)10-15(23)20(18(12)19)17(16)11-5-3-2-4-6-11/h2-9,15,21,23H,10H2,1H3. The highest BCUT2D eigenvalue weighted by Gasteiger charge is 2.32. The molecule has 0 saturated carbocycles. The highest BCUT2D eigenvalue weighted by atomic mass is 16.5. The van der Waals surface area contributed by atoms with Gasteiger partial charge in [-0.25, -0.2) is 0 Å². The van der Waals surface area contributed by atoms with E-state index in [2.05, 4.69) is 0 Å². The second kappa shape index (κ2) is 5.35. The van der Waals surface area contributed by atoms with Crippen molar-refractivity contribution in [1.82, 2.24) is 0 Å². The van der Waals surface area contributed by atoms with Crippen LogP contribution in [0.4, 0.5) is 0 Å². The zero-order chi connectivity index (χ0) is 16.8. The predicted molar refractivity (Wildman–Crippen MR) is 91.5 cm³/mol. The number of rotatable bonds is 2. The summed E-state index contributed by atoms with van der Waals surface area (Å²) in [6.07, 6.45) is -0.980. The first-order valence-corrected chi connectivity index (χ1v) is 7.75. The summed E-state index contributed by atoms with van der Waals surface area (Å²) in [5.41, 5.74) is 2.58. The van der Waals surface area contributed by atoms with Crippen molar-refractivity contribution in [3.63, 3.8) is 0 Å². The van der Waals surface area contributed by atoms with Gasteiger partial charge in [-0.15, -0.1) is 0 Å². The molecule has 0 aliphatic heterocycles. The molecule has 1 unspecified atom stereocenters. The Morgan fingerprint density at radius 2 is 1.83 bits per heavy atom. The lowest BCUT2D eigenvalue weighted by Crippen LogP contribution is -2.16. The molecule has 0 spiro atoms. The lowest BCUT2D eigenvalue weighted by Gasteiger charge is -2.26. The van der Waals surface area contributed by atoms with E-state index in [9.17, 15) is 15.0 Å². The Kier molecular flexibility index (Phi) is 3.28. The molecule has 0 heterocycles. The van der Waals surface area contributed by atoms with Crippen LogP contribution in [0.15, 0.2) is 48.5 Å². The number of hydrogen-bond donors (Lipinski definition) is 2. The molecule has 1 aliphatic rings. The summed E-state index contributed by atoms with van der Waals surface area (Å²) < 4.78 is 5.56. The van der Waals surface area contributed by atoms with Gasteiger partial charge in [-0.1, -0.05) is 36.4 Å². The summed E-state index contributed by atoms with van der Waals surface area (Å²) in [4.78, 5) is 12.4. The molecule has 4 rings (SSSR count). The molecule has 0 saturated heterocycles. The molecular formula is C20H16O4. The minimum atomic E-state index is -0.931. The molecule has 3 aromatic rings. The first-order valence-electron chi connectivity index (χ1n) is 7.75. The van der Waals surface area contributed by atoms with Gasteiger partial charge >= 0.3 is 0 Å². The van der Waals surface area contributed by atoms with Crippen LogP contribution in [0.5, 0.6) is 11.5 Å². The number of Topliss-reactive ketones (excluding diaryl/α,β-unsaturated/α-hetero) is 1. The van der Waals surface area contributed by atoms with Gasteiger partial charge in [0.1, 0.15) is 11.5 Å². The first kappa shape index (κ1) is 14.7. The van der Waals surface area contributed by atoms with Gasteiger partial charge in [0.2, 0.25) is 0 Å². The topological polar surface area (TPSA) is 66.8 Å². The van der Waals surface area contributed by atoms with Gasteiger partial charge in [-0.05, 0) is 23.1 Å². The largest absolute Gasteiger partial charge is 0.507 e. The molecule has 0 fully saturated rings. The van der Waals surface area contributed by atoms with E-state index in [1.807, 2.05) is 36.4 Å². The lowest BCUT2D eigenvalue weighted by atomic mass is 9.81. The molecule has 0 aromatic heterocycles. The summed E-state index contributed by atoms with van der Waals surface area (Å²) >= 11 is 0. The van der Waals surface area contributed by atoms with Crippen molar-refractivity contribution in [3.05, 3.63) is 59.7 Å². The number of aliphatic hydroxyl groups excluding tert-OH is 1. The van der Waals surface area contributed by atoms with Gasteiger partial charge in [-0.3, -0.25) is 4.79 Å². The third-order valence-electron chi connectivity index (χ3n) is 4.56. The molecule has 1 atom stereocenters. The number of benzene rings is 3. The number of ether oxygens (including phenoxy) is 1. The molecule has 2 N–H and O–H groups in total. The fourth-order valence-electron chi connectivity index (χ4n) is 3.55. The Bertz CT molecular complexity index is 961. The van der Waals surface area contributed by atoms with E-state index in [4.69, 9.17) is 4.74 Å². The van der Waals surface area contributed by atoms with E-state index in [0.717, 1.165) is 16.5 Å². The summed E-state index contributed by atoms with van der Waals surface area (Å²) in [5.74, 6) is 0.334. The monoisotopic (exact) mass is 320 g/mol. The van der Waals surface area contributed by atoms with Crippen LogP contribution in [0.3, 0.4) is 0 Å². The SMILES string of the molecule is COc1cc2ccc(O)c3c2c(c1-c1ccccc1)C(O)CC3=O. The summed E-state index contributed by atoms with van der Waals surface area (Å²) in [6, 6.07) is 14.7. The first-order chi connectivity index (χ1) is 11.6. The summed E-state index contributed by atoms with van der Waals surface area (Å²) in [7, 11) is 1.59. The summed E-state index contributed by atoms with van der Waals surface area (Å²) in [5, 5.41) is 22.2. The Morgan fingerprint density at radius 1 is 1.08 bits per heavy atom. The molecule has 24 heavy (non-hydrogen) atoms. The van der Waals surface area contributed by atoms with Crippen molar-refractivity contribution < 1.29 is 19.7 Å². The molecule has 0 amide bonds. The fraction of sp³-hybridized carbons (Fsp3) is 0.150. The molecule has 1 aliphatic carbocycles. The Hall–Kier alpha value is -2.85. The van der Waals surface area contributed by atoms with E-state index in [0.29, 0.717) is 16.7 Å². The molecule has 4 nitrogen and oxygen atoms in total. The zero-order valence-corrected chi connectivity index (χ0v) is 13.1. The number of hydrogen-bond acceptors (Lipinski definition) is 4. The predicted octanol–water partition coefficient (Wildman–Crippen LogP) is 3.84. The number of ketones is 1. The van der Waals surface area contributed by atoms with Crippen LogP contribution < -0.4 is 4.74 Å². The van der Waals surface area contributed by atoms with Crippen molar-refractivity contribution in [1.29, 1.82) is 0 Å². The fourth-order valence-corrected chi connectivity index (χ4v) is 3.55. The van der Waals surface area contributed by atoms with Crippen LogP contribution in [0.25, 0.3) is 21.9 Å². The van der Waals surface area contributed by atoms with E-state index in [-0.39, 0.29) is 23.5 Å². The van der Waals surface area contributed by atoms with Crippen LogP contribution in [0.2, 0.25) is 0 Å². The number of carbonyl (C=O) groups is 1. The van der Waals surface area contributed by atoms with Crippen molar-refractivity contribution >= 4 is 16.6 Å². The van der Waals surface area contributed by atoms with Crippen LogP contribution in [-0.2, 0) is 0 Å². The van der Waals surface area contributed by atoms with Gasteiger partial charge < -0.3 is 14.9 Å². The van der Waals surface area contributed by atoms with Gasteiger partial charge in [-0.2, -0.15) is 0 Å². The Balaban J connectivity index is 2.21. The Labute approximate surface area is 138 Å². The van der Waals surface area contributed by atoms with Crippen molar-refractivity contribution in [3.8, 4) is 22.6 Å². The molecule has 120 valence electrons. The minimum Gasteiger partial charge on any atom is -0.507 e. The van der Waals surface area contributed by atoms with Crippen LogP contribution in [-0.4, -0.2) is 23.1 Å². The number of phenols is 1. The van der Waals surface area contributed by atoms with Gasteiger partial charge in [0.15, 0.2) is 5.78 Å². The molecule has 4 heteroatoms. The number of aromatic hydroxyl groups is 1. The Morgan fingerprint density at radius 3 is 2.54 bits per heavy atom. The van der Waals surface area contributed by atoms with E-state index < -0.39 is 6.10 Å². The van der Waals surface area contributed by atoms with Crippen molar-refractivity contribution in [2.24, 2.45) is 0 Å². The highest BCUT2D eigenvalue weighted by molar-refractivity contribution is 6.15. The maximum atomic E-state index is 12.4. The van der Waals surface area contributed by atoms with Crippen molar-refractivity contribution in [2.45, 2.75) is 12.5 Å².